The Morgan fingerprint density at radius 2 is 1.64 bits per heavy atom. The predicted molar refractivity (Wildman–Crippen MR) is 91.6 cm³/mol. The van der Waals surface area contributed by atoms with Crippen LogP contribution >= 0.6 is 0 Å². The molecule has 0 spiro atoms. The van der Waals surface area contributed by atoms with Gasteiger partial charge in [0.2, 0.25) is 5.91 Å². The maximum atomic E-state index is 12.2. The normalized spacial score (nSPS) is 10.4. The van der Waals surface area contributed by atoms with Gasteiger partial charge in [-0.05, 0) is 42.5 Å². The topological polar surface area (TPSA) is 46.3 Å². The van der Waals surface area contributed by atoms with Gasteiger partial charge in [-0.1, -0.05) is 42.5 Å². The number of nitrogens with two attached hydrogens (primary N) is 1. The molecule has 0 fully saturated rings. The van der Waals surface area contributed by atoms with Crippen LogP contribution in [0.1, 0.15) is 24.0 Å². The zero-order valence-electron chi connectivity index (χ0n) is 13.2. The van der Waals surface area contributed by atoms with Gasteiger partial charge in [0.1, 0.15) is 0 Å². The second kappa shape index (κ2) is 8.23. The number of amides is 1. The van der Waals surface area contributed by atoms with Crippen molar-refractivity contribution in [3.63, 3.8) is 0 Å². The quantitative estimate of drug-likeness (QED) is 0.629. The van der Waals surface area contributed by atoms with E-state index in [4.69, 9.17) is 5.73 Å². The van der Waals surface area contributed by atoms with Crippen molar-refractivity contribution in [2.75, 3.05) is 19.3 Å². The van der Waals surface area contributed by atoms with Crippen molar-refractivity contribution in [1.82, 2.24) is 4.90 Å². The highest BCUT2D eigenvalue weighted by Crippen LogP contribution is 2.08. The minimum Gasteiger partial charge on any atom is -0.399 e. The Hall–Kier alpha value is -2.29. The summed E-state index contributed by atoms with van der Waals surface area (Å²) in [5.74, 6) is 0.157. The first kappa shape index (κ1) is 16.1. The van der Waals surface area contributed by atoms with Crippen LogP contribution in [0.25, 0.3) is 0 Å². The van der Waals surface area contributed by atoms with Gasteiger partial charge in [0.25, 0.3) is 0 Å². The Bertz CT molecular complexity index is 578. The molecule has 0 aliphatic carbocycles. The number of aryl methyl sites for hydroxylation is 1. The molecule has 0 saturated carbocycles. The van der Waals surface area contributed by atoms with Crippen molar-refractivity contribution < 1.29 is 4.79 Å². The summed E-state index contributed by atoms with van der Waals surface area (Å²) in [5.41, 5.74) is 8.75. The lowest BCUT2D eigenvalue weighted by Gasteiger charge is -2.17. The van der Waals surface area contributed by atoms with E-state index in [9.17, 15) is 4.79 Å². The van der Waals surface area contributed by atoms with E-state index >= 15 is 0 Å². The molecule has 0 atom stereocenters. The zero-order chi connectivity index (χ0) is 15.8. The molecule has 3 heteroatoms. The number of hydrogen-bond acceptors (Lipinski definition) is 2. The van der Waals surface area contributed by atoms with Gasteiger partial charge in [0, 0.05) is 19.3 Å². The number of carbonyl (C=O) groups is 1. The lowest BCUT2D eigenvalue weighted by Crippen LogP contribution is -2.29. The maximum Gasteiger partial charge on any atom is 0.226 e. The highest BCUT2D eigenvalue weighted by molar-refractivity contribution is 5.78. The summed E-state index contributed by atoms with van der Waals surface area (Å²) in [4.78, 5) is 14.0. The van der Waals surface area contributed by atoms with E-state index in [2.05, 4.69) is 24.3 Å². The van der Waals surface area contributed by atoms with Crippen molar-refractivity contribution in [2.45, 2.75) is 25.7 Å². The van der Waals surface area contributed by atoms with Crippen LogP contribution in [0, 0.1) is 0 Å². The standard InChI is InChI=1S/C19H24N2O/c1-21(14-6-5-9-16-7-3-2-4-8-16)19(22)15-17-10-12-18(20)13-11-17/h2-4,7-8,10-13H,5-6,9,14-15,20H2,1H3. The van der Waals surface area contributed by atoms with E-state index < -0.39 is 0 Å². The molecule has 0 aliphatic heterocycles. The second-order valence-corrected chi connectivity index (χ2v) is 5.68. The molecule has 2 aromatic carbocycles. The van der Waals surface area contributed by atoms with Gasteiger partial charge < -0.3 is 10.6 Å². The van der Waals surface area contributed by atoms with Crippen LogP contribution in [0.3, 0.4) is 0 Å². The first-order chi connectivity index (χ1) is 10.6. The molecule has 1 amide bonds. The minimum atomic E-state index is 0.157. The summed E-state index contributed by atoms with van der Waals surface area (Å²) in [5, 5.41) is 0. The first-order valence-corrected chi connectivity index (χ1v) is 7.77. The Kier molecular flexibility index (Phi) is 6.01. The molecule has 2 N–H and O–H groups in total. The van der Waals surface area contributed by atoms with E-state index in [1.54, 1.807) is 0 Å². The molecule has 0 heterocycles. The van der Waals surface area contributed by atoms with Crippen molar-refractivity contribution in [2.24, 2.45) is 0 Å². The number of anilines is 1. The van der Waals surface area contributed by atoms with Crippen LogP contribution in [-0.4, -0.2) is 24.4 Å². The molecule has 0 aliphatic rings. The first-order valence-electron chi connectivity index (χ1n) is 7.77. The van der Waals surface area contributed by atoms with Gasteiger partial charge in [-0.25, -0.2) is 0 Å². The van der Waals surface area contributed by atoms with Crippen molar-refractivity contribution in [3.05, 3.63) is 65.7 Å². The van der Waals surface area contributed by atoms with Gasteiger partial charge >= 0.3 is 0 Å². The summed E-state index contributed by atoms with van der Waals surface area (Å²) in [6, 6.07) is 18.0. The molecule has 0 unspecified atom stereocenters. The van der Waals surface area contributed by atoms with Gasteiger partial charge in [-0.3, -0.25) is 4.79 Å². The zero-order valence-corrected chi connectivity index (χ0v) is 13.2. The third-order valence-corrected chi connectivity index (χ3v) is 3.81. The summed E-state index contributed by atoms with van der Waals surface area (Å²) in [6.07, 6.45) is 3.64. The van der Waals surface area contributed by atoms with Gasteiger partial charge in [0.05, 0.1) is 6.42 Å². The summed E-state index contributed by atoms with van der Waals surface area (Å²) in [6.45, 7) is 0.806. The van der Waals surface area contributed by atoms with Crippen LogP contribution in [0.15, 0.2) is 54.6 Å². The van der Waals surface area contributed by atoms with E-state index in [1.165, 1.54) is 5.56 Å². The second-order valence-electron chi connectivity index (χ2n) is 5.68. The third kappa shape index (κ3) is 5.24. The molecule has 3 nitrogen and oxygen atoms in total. The molecule has 2 rings (SSSR count). The fourth-order valence-electron chi connectivity index (χ4n) is 2.39. The molecular weight excluding hydrogens is 272 g/mol. The fourth-order valence-corrected chi connectivity index (χ4v) is 2.39. The van der Waals surface area contributed by atoms with E-state index in [-0.39, 0.29) is 5.91 Å². The van der Waals surface area contributed by atoms with Gasteiger partial charge in [-0.15, -0.1) is 0 Å². The summed E-state index contributed by atoms with van der Waals surface area (Å²) in [7, 11) is 1.88. The average Bonchev–Trinajstić information content (AvgIpc) is 2.54. The molecule has 2 aromatic rings. The lowest BCUT2D eigenvalue weighted by molar-refractivity contribution is -0.129. The number of unbranched alkanes of at least 4 members (excludes halogenated alkanes) is 1. The number of nitrogen functional groups attached to an aromatic ring is 1. The maximum absolute atomic E-state index is 12.2. The number of nitrogens with zero attached hydrogens (tertiary/aromatic N) is 1. The highest BCUT2D eigenvalue weighted by atomic mass is 16.2. The number of hydrogen-bond donors (Lipinski definition) is 1. The van der Waals surface area contributed by atoms with Crippen molar-refractivity contribution in [3.8, 4) is 0 Å². The minimum absolute atomic E-state index is 0.157. The lowest BCUT2D eigenvalue weighted by atomic mass is 10.1. The van der Waals surface area contributed by atoms with Gasteiger partial charge in [-0.2, -0.15) is 0 Å². The van der Waals surface area contributed by atoms with E-state index in [0.29, 0.717) is 6.42 Å². The Labute approximate surface area is 132 Å². The molecule has 0 aromatic heterocycles. The van der Waals surface area contributed by atoms with Crippen LogP contribution in [0.2, 0.25) is 0 Å². The van der Waals surface area contributed by atoms with E-state index in [0.717, 1.165) is 37.1 Å². The molecule has 0 radical (unpaired) electrons. The van der Waals surface area contributed by atoms with Gasteiger partial charge in [0.15, 0.2) is 0 Å². The van der Waals surface area contributed by atoms with Crippen molar-refractivity contribution >= 4 is 11.6 Å². The van der Waals surface area contributed by atoms with Crippen LogP contribution < -0.4 is 5.73 Å². The Morgan fingerprint density at radius 1 is 0.955 bits per heavy atom. The fraction of sp³-hybridized carbons (Fsp3) is 0.316. The molecule has 0 bridgehead atoms. The average molecular weight is 296 g/mol. The number of likely N-dealkylation sites (N-methyl/N-ethyl adjacent to an activating group) is 1. The largest absolute Gasteiger partial charge is 0.399 e. The van der Waals surface area contributed by atoms with Crippen LogP contribution in [0.4, 0.5) is 5.69 Å². The monoisotopic (exact) mass is 296 g/mol. The van der Waals surface area contributed by atoms with Crippen molar-refractivity contribution in [1.29, 1.82) is 0 Å². The Balaban J connectivity index is 1.69. The molecular formula is C19H24N2O. The number of rotatable bonds is 7. The summed E-state index contributed by atoms with van der Waals surface area (Å²) < 4.78 is 0. The molecule has 0 saturated heterocycles. The van der Waals surface area contributed by atoms with Crippen LogP contribution in [-0.2, 0) is 17.6 Å². The number of carbonyl (C=O) groups excluding carboxylic acids is 1. The van der Waals surface area contributed by atoms with E-state index in [1.807, 2.05) is 42.3 Å². The number of benzene rings is 2. The third-order valence-electron chi connectivity index (χ3n) is 3.81. The van der Waals surface area contributed by atoms with Crippen LogP contribution in [0.5, 0.6) is 0 Å². The molecule has 116 valence electrons. The molecule has 22 heavy (non-hydrogen) atoms. The smallest absolute Gasteiger partial charge is 0.226 e. The highest BCUT2D eigenvalue weighted by Gasteiger charge is 2.09. The Morgan fingerprint density at radius 3 is 2.32 bits per heavy atom. The predicted octanol–water partition coefficient (Wildman–Crippen LogP) is 3.29. The SMILES string of the molecule is CN(CCCCc1ccccc1)C(=O)Cc1ccc(N)cc1. The summed E-state index contributed by atoms with van der Waals surface area (Å²) >= 11 is 0.